The standard InChI is InChI=1S/C86H94N6O15S/c1-82(2,3)105-73(94)50-48-67(76(97)90-71(79(100)88-68(80(101)102)49-51-74(95)106-83(4,5)6)55-108-86(59-38-22-13-23-39-59,60-40-24-14-25-41-60)61-42-26-15-27-43-61)87-78(99)70(53-75(96)107-84(7,8)9)89-77(98)69(91-81(103)104-54-66-64-46-30-28-44-62(64)63-45-29-31-47-65(63)66)52-72(93)92-85(56-32-16-10-17-33-56,57-34-18-11-19-35-57)58-36-20-12-21-37-58/h10-47,66-71H,48-55H2,1-9H3,(H,87,99)(H,88,100)(H,89,98)(H,90,97)(H,91,103)(H,92,93)(H,101,102)/t67-,68-,69-,70-,71-/m0/s1. The second-order valence-corrected chi connectivity index (χ2v) is 30.6. The highest BCUT2D eigenvalue weighted by atomic mass is 32.2. The van der Waals surface area contributed by atoms with E-state index in [9.17, 15) is 29.1 Å². The van der Waals surface area contributed by atoms with Crippen molar-refractivity contribution in [2.75, 3.05) is 12.4 Å². The van der Waals surface area contributed by atoms with Gasteiger partial charge in [-0.1, -0.05) is 231 Å². The summed E-state index contributed by atoms with van der Waals surface area (Å²) < 4.78 is 21.7. The number of hydrogen-bond acceptors (Lipinski definition) is 15. The predicted molar refractivity (Wildman–Crippen MR) is 412 cm³/mol. The molecule has 0 fully saturated rings. The van der Waals surface area contributed by atoms with Gasteiger partial charge in [0.2, 0.25) is 29.5 Å². The predicted octanol–water partition coefficient (Wildman–Crippen LogP) is 12.1. The highest BCUT2D eigenvalue weighted by Gasteiger charge is 2.43. The number of rotatable bonds is 32. The molecule has 9 rings (SSSR count). The molecule has 1 aliphatic carbocycles. The maximum Gasteiger partial charge on any atom is 0.407 e. The molecule has 0 aliphatic heterocycles. The molecule has 6 amide bonds. The zero-order chi connectivity index (χ0) is 77.8. The number of esters is 3. The lowest BCUT2D eigenvalue weighted by Gasteiger charge is -2.37. The number of carbonyl (C=O) groups is 10. The van der Waals surface area contributed by atoms with Crippen LogP contribution in [0.4, 0.5) is 4.79 Å². The van der Waals surface area contributed by atoms with E-state index in [-0.39, 0.29) is 12.4 Å². The quantitative estimate of drug-likeness (QED) is 0.0117. The molecule has 5 atom stereocenters. The van der Waals surface area contributed by atoms with Gasteiger partial charge in [-0.3, -0.25) is 38.4 Å². The molecule has 0 saturated carbocycles. The van der Waals surface area contributed by atoms with Crippen LogP contribution in [0.1, 0.15) is 151 Å². The Kier molecular flexibility index (Phi) is 27.1. The van der Waals surface area contributed by atoms with Crippen LogP contribution in [-0.2, 0) is 72.4 Å². The van der Waals surface area contributed by atoms with Crippen molar-refractivity contribution in [1.82, 2.24) is 31.9 Å². The van der Waals surface area contributed by atoms with Crippen molar-refractivity contribution in [3.8, 4) is 11.1 Å². The molecule has 108 heavy (non-hydrogen) atoms. The Morgan fingerprint density at radius 3 is 1.11 bits per heavy atom. The molecule has 8 aromatic carbocycles. The number of thioether (sulfide) groups is 1. The molecule has 0 radical (unpaired) electrons. The number of fused-ring (bicyclic) bond motifs is 3. The third-order valence-corrected chi connectivity index (χ3v) is 19.4. The van der Waals surface area contributed by atoms with Crippen molar-refractivity contribution in [2.45, 2.75) is 164 Å². The summed E-state index contributed by atoms with van der Waals surface area (Å²) in [6.45, 7) is 14.4. The Hall–Kier alpha value is -11.4. The van der Waals surface area contributed by atoms with E-state index in [2.05, 4.69) is 31.9 Å². The minimum absolute atomic E-state index is 0.209. The van der Waals surface area contributed by atoms with E-state index in [1.807, 2.05) is 231 Å². The number of benzene rings is 8. The summed E-state index contributed by atoms with van der Waals surface area (Å²) in [5, 5.41) is 27.0. The number of ether oxygens (including phenoxy) is 4. The Bertz CT molecular complexity index is 4200. The molecular weight excluding hydrogens is 1390 g/mol. The van der Waals surface area contributed by atoms with Crippen LogP contribution in [0, 0.1) is 0 Å². The topological polar surface area (TPSA) is 300 Å². The molecule has 21 nitrogen and oxygen atoms in total. The zero-order valence-corrected chi connectivity index (χ0v) is 62.9. The van der Waals surface area contributed by atoms with Gasteiger partial charge in [0, 0.05) is 24.5 Å². The summed E-state index contributed by atoms with van der Waals surface area (Å²) in [6.07, 6.45) is -4.76. The molecule has 0 unspecified atom stereocenters. The van der Waals surface area contributed by atoms with Gasteiger partial charge in [0.25, 0.3) is 0 Å². The number of hydrogen-bond donors (Lipinski definition) is 7. The summed E-state index contributed by atoms with van der Waals surface area (Å²) in [7, 11) is 0. The summed E-state index contributed by atoms with van der Waals surface area (Å²) >= 11 is 1.23. The van der Waals surface area contributed by atoms with Gasteiger partial charge in [-0.05, 0) is 131 Å². The molecule has 564 valence electrons. The molecule has 8 aromatic rings. The SMILES string of the molecule is CC(C)(C)OC(=O)CC[C@H](NC(=O)[C@H](CSC(c1ccccc1)(c1ccccc1)c1ccccc1)NC(=O)[C@H](CCC(=O)OC(C)(C)C)NC(=O)[C@H](CC(=O)OC(C)(C)C)NC(=O)[C@H](CC(=O)NC(c1ccccc1)(c1ccccc1)c1ccccc1)NC(=O)OCC1c2ccccc2-c2ccccc21)C(=O)O. The first kappa shape index (κ1) is 80.7. The van der Waals surface area contributed by atoms with Crippen LogP contribution in [0.15, 0.2) is 231 Å². The molecule has 0 saturated heterocycles. The number of carbonyl (C=O) groups excluding carboxylic acids is 9. The number of alkyl carbamates (subject to hydrolysis) is 1. The van der Waals surface area contributed by atoms with E-state index in [0.717, 1.165) is 38.9 Å². The monoisotopic (exact) mass is 1480 g/mol. The molecular formula is C86H94N6O15S. The first-order valence-electron chi connectivity index (χ1n) is 35.9. The van der Waals surface area contributed by atoms with E-state index < -0.39 is 161 Å². The van der Waals surface area contributed by atoms with Gasteiger partial charge in [0.05, 0.1) is 17.6 Å². The van der Waals surface area contributed by atoms with Gasteiger partial charge in [0.15, 0.2) is 0 Å². The smallest absolute Gasteiger partial charge is 0.407 e. The van der Waals surface area contributed by atoms with Crippen LogP contribution in [0.3, 0.4) is 0 Å². The van der Waals surface area contributed by atoms with E-state index in [1.165, 1.54) is 11.8 Å². The van der Waals surface area contributed by atoms with Gasteiger partial charge in [-0.25, -0.2) is 9.59 Å². The fourth-order valence-corrected chi connectivity index (χ4v) is 14.6. The van der Waals surface area contributed by atoms with Gasteiger partial charge < -0.3 is 56.0 Å². The Morgan fingerprint density at radius 1 is 0.380 bits per heavy atom. The lowest BCUT2D eigenvalue weighted by Crippen LogP contribution is -2.60. The molecule has 0 spiro atoms. The van der Waals surface area contributed by atoms with E-state index in [1.54, 1.807) is 62.3 Å². The minimum atomic E-state index is -1.99. The van der Waals surface area contributed by atoms with Gasteiger partial charge in [-0.2, -0.15) is 0 Å². The number of carboxylic acids is 1. The molecule has 1 aliphatic rings. The first-order chi connectivity index (χ1) is 51.4. The highest BCUT2D eigenvalue weighted by Crippen LogP contribution is 2.49. The first-order valence-corrected chi connectivity index (χ1v) is 36.9. The number of amides is 6. The van der Waals surface area contributed by atoms with Gasteiger partial charge in [-0.15, -0.1) is 11.8 Å². The lowest BCUT2D eigenvalue weighted by atomic mass is 9.77. The second kappa shape index (κ2) is 36.3. The van der Waals surface area contributed by atoms with Crippen LogP contribution < -0.4 is 31.9 Å². The fourth-order valence-electron chi connectivity index (χ4n) is 13.1. The minimum Gasteiger partial charge on any atom is -0.480 e. The van der Waals surface area contributed by atoms with Gasteiger partial charge >= 0.3 is 30.0 Å². The average molecular weight is 1480 g/mol. The summed E-state index contributed by atoms with van der Waals surface area (Å²) in [6, 6.07) is 61.9. The second-order valence-electron chi connectivity index (χ2n) is 29.3. The Balaban J connectivity index is 1.08. The van der Waals surface area contributed by atoms with Crippen molar-refractivity contribution in [2.24, 2.45) is 0 Å². The number of nitrogens with one attached hydrogen (secondary N) is 6. The van der Waals surface area contributed by atoms with Crippen LogP contribution in [0.2, 0.25) is 0 Å². The van der Waals surface area contributed by atoms with Crippen molar-refractivity contribution >= 4 is 71.3 Å². The molecule has 22 heteroatoms. The molecule has 7 N–H and O–H groups in total. The third kappa shape index (κ3) is 21.7. The van der Waals surface area contributed by atoms with E-state index in [4.69, 9.17) is 18.9 Å². The Labute approximate surface area is 634 Å². The maximum atomic E-state index is 15.6. The van der Waals surface area contributed by atoms with Crippen LogP contribution >= 0.6 is 11.8 Å². The van der Waals surface area contributed by atoms with E-state index >= 15 is 24.0 Å². The summed E-state index contributed by atoms with van der Waals surface area (Å²) in [4.78, 5) is 146. The van der Waals surface area contributed by atoms with Gasteiger partial charge in [0.1, 0.15) is 59.2 Å². The fraction of sp³-hybridized carbons (Fsp3) is 0.326. The third-order valence-electron chi connectivity index (χ3n) is 17.7. The van der Waals surface area contributed by atoms with Crippen molar-refractivity contribution in [3.63, 3.8) is 0 Å². The summed E-state index contributed by atoms with van der Waals surface area (Å²) in [5.74, 6) is -10.1. The maximum absolute atomic E-state index is 15.6. The molecule has 0 heterocycles. The zero-order valence-electron chi connectivity index (χ0n) is 62.1. The average Bonchev–Trinajstić information content (AvgIpc) is 1.37. The van der Waals surface area contributed by atoms with Crippen LogP contribution in [-0.4, -0.2) is 124 Å². The van der Waals surface area contributed by atoms with Crippen molar-refractivity contribution in [1.29, 1.82) is 0 Å². The van der Waals surface area contributed by atoms with Crippen LogP contribution in [0.25, 0.3) is 11.1 Å². The van der Waals surface area contributed by atoms with Crippen molar-refractivity contribution in [3.05, 3.63) is 275 Å². The van der Waals surface area contributed by atoms with Crippen molar-refractivity contribution < 1.29 is 72.0 Å². The summed E-state index contributed by atoms with van der Waals surface area (Å²) in [5.41, 5.74) is 3.32. The largest absolute Gasteiger partial charge is 0.480 e. The number of carboxylic acid groups (broad SMARTS) is 1. The Morgan fingerprint density at radius 2 is 0.704 bits per heavy atom. The normalized spacial score (nSPS) is 13.6. The van der Waals surface area contributed by atoms with E-state index in [0.29, 0.717) is 16.7 Å². The lowest BCUT2D eigenvalue weighted by molar-refractivity contribution is -0.157. The number of aliphatic carboxylic acids is 1. The highest BCUT2D eigenvalue weighted by molar-refractivity contribution is 8.00. The molecule has 0 aromatic heterocycles. The molecule has 0 bridgehead atoms. The van der Waals surface area contributed by atoms with Crippen LogP contribution in [0.5, 0.6) is 0 Å².